The molecule has 3 aliphatic carbocycles. The number of para-hydroxylation sites is 1. The second kappa shape index (κ2) is 8.84. The molecular weight excluding hydrogens is 412 g/mol. The molecule has 2 heteroatoms. The summed E-state index contributed by atoms with van der Waals surface area (Å²) in [5.74, 6) is -0.00839. The molecule has 0 bridgehead atoms. The number of nitrogens with zero attached hydrogens (tertiary/aromatic N) is 2. The van der Waals surface area contributed by atoms with E-state index in [0.29, 0.717) is 0 Å². The van der Waals surface area contributed by atoms with Crippen molar-refractivity contribution >= 4 is 28.1 Å². The van der Waals surface area contributed by atoms with Gasteiger partial charge in [-0.1, -0.05) is 60.7 Å². The van der Waals surface area contributed by atoms with Crippen molar-refractivity contribution < 1.29 is 0 Å². The molecule has 3 aliphatic rings. The molecule has 1 atom stereocenters. The standard InChI is InChI=1S/C32H28N2/c33-22-23-9-8-12-25(18-17-23)27-19-26(24-10-2-1-3-11-24)20-28(21-27)34-31-15-6-4-13-29(31)30-14-5-7-16-32(30)34/h2,4,6-13,15-16,19-21,23H,1,3,5,14,17-18H2. The van der Waals surface area contributed by atoms with Gasteiger partial charge in [-0.15, -0.1) is 0 Å². The highest BCUT2D eigenvalue weighted by Crippen LogP contribution is 2.37. The van der Waals surface area contributed by atoms with Crippen LogP contribution >= 0.6 is 0 Å². The first kappa shape index (κ1) is 20.8. The fraction of sp³-hybridized carbons (Fsp3) is 0.219. The number of nitriles is 1. The van der Waals surface area contributed by atoms with E-state index in [9.17, 15) is 5.26 Å². The van der Waals surface area contributed by atoms with Crippen molar-refractivity contribution in [3.05, 3.63) is 107 Å². The van der Waals surface area contributed by atoms with Crippen molar-refractivity contribution in [2.24, 2.45) is 5.92 Å². The van der Waals surface area contributed by atoms with Gasteiger partial charge in [-0.3, -0.25) is 0 Å². The molecule has 1 aromatic heterocycles. The van der Waals surface area contributed by atoms with Gasteiger partial charge in [0.05, 0.1) is 17.5 Å². The van der Waals surface area contributed by atoms with Gasteiger partial charge in [0, 0.05) is 16.8 Å². The van der Waals surface area contributed by atoms with Crippen LogP contribution in [-0.4, -0.2) is 4.57 Å². The molecule has 0 saturated carbocycles. The Bertz CT molecular complexity index is 1460. The maximum absolute atomic E-state index is 9.42. The van der Waals surface area contributed by atoms with Gasteiger partial charge in [0.2, 0.25) is 0 Å². The smallest absolute Gasteiger partial charge is 0.0697 e. The van der Waals surface area contributed by atoms with Crippen LogP contribution in [0.4, 0.5) is 0 Å². The molecule has 0 N–H and O–H groups in total. The zero-order chi connectivity index (χ0) is 22.9. The third-order valence-corrected chi connectivity index (χ3v) is 7.26. The van der Waals surface area contributed by atoms with Crippen LogP contribution < -0.4 is 0 Å². The predicted octanol–water partition coefficient (Wildman–Crippen LogP) is 8.20. The highest BCUT2D eigenvalue weighted by atomic mass is 15.0. The SMILES string of the molecule is N#CC1C=CC=C(c2cc(C3=CCCC=C3)cc(-n3c4c(c5ccccc53)CCC=C4)c2)CC1. The summed E-state index contributed by atoms with van der Waals surface area (Å²) >= 11 is 0. The van der Waals surface area contributed by atoms with E-state index >= 15 is 0 Å². The van der Waals surface area contributed by atoms with Crippen molar-refractivity contribution in [2.45, 2.75) is 38.5 Å². The van der Waals surface area contributed by atoms with E-state index in [-0.39, 0.29) is 5.92 Å². The van der Waals surface area contributed by atoms with Gasteiger partial charge in [0.25, 0.3) is 0 Å². The Morgan fingerprint density at radius 1 is 0.912 bits per heavy atom. The average molecular weight is 441 g/mol. The summed E-state index contributed by atoms with van der Waals surface area (Å²) in [5, 5.41) is 10.8. The van der Waals surface area contributed by atoms with Gasteiger partial charge < -0.3 is 4.57 Å². The van der Waals surface area contributed by atoms with Crippen LogP contribution in [0.25, 0.3) is 33.8 Å². The average Bonchev–Trinajstić information content (AvgIpc) is 3.05. The Hall–Kier alpha value is -3.83. The number of fused-ring (bicyclic) bond motifs is 3. The van der Waals surface area contributed by atoms with Crippen molar-refractivity contribution in [2.75, 3.05) is 0 Å². The minimum Gasteiger partial charge on any atom is -0.310 e. The molecule has 2 aromatic carbocycles. The van der Waals surface area contributed by atoms with Crippen LogP contribution in [0.2, 0.25) is 0 Å². The molecule has 3 aromatic rings. The van der Waals surface area contributed by atoms with Gasteiger partial charge in [-0.05, 0) is 96.7 Å². The Balaban J connectivity index is 1.56. The summed E-state index contributed by atoms with van der Waals surface area (Å²) in [6, 6.07) is 18.3. The zero-order valence-electron chi connectivity index (χ0n) is 19.4. The second-order valence-electron chi connectivity index (χ2n) is 9.42. The van der Waals surface area contributed by atoms with Gasteiger partial charge >= 0.3 is 0 Å². The third-order valence-electron chi connectivity index (χ3n) is 7.26. The fourth-order valence-electron chi connectivity index (χ4n) is 5.53. The van der Waals surface area contributed by atoms with E-state index in [1.807, 2.05) is 6.08 Å². The molecule has 0 aliphatic heterocycles. The lowest BCUT2D eigenvalue weighted by atomic mass is 9.92. The van der Waals surface area contributed by atoms with Gasteiger partial charge in [-0.25, -0.2) is 0 Å². The van der Waals surface area contributed by atoms with Crippen molar-refractivity contribution in [3.63, 3.8) is 0 Å². The molecule has 1 unspecified atom stereocenters. The van der Waals surface area contributed by atoms with Crippen LogP contribution in [0.15, 0.2) is 85.0 Å². The monoisotopic (exact) mass is 440 g/mol. The number of rotatable bonds is 3. The van der Waals surface area contributed by atoms with Gasteiger partial charge in [0.15, 0.2) is 0 Å². The predicted molar refractivity (Wildman–Crippen MR) is 142 cm³/mol. The molecule has 0 fully saturated rings. The van der Waals surface area contributed by atoms with Crippen LogP contribution in [0.5, 0.6) is 0 Å². The summed E-state index contributed by atoms with van der Waals surface area (Å²) < 4.78 is 2.45. The number of benzene rings is 2. The first-order valence-corrected chi connectivity index (χ1v) is 12.4. The minimum atomic E-state index is -0.00839. The number of aryl methyl sites for hydroxylation is 1. The molecule has 0 amide bonds. The van der Waals surface area contributed by atoms with E-state index < -0.39 is 0 Å². The van der Waals surface area contributed by atoms with E-state index in [1.54, 1.807) is 0 Å². The summed E-state index contributed by atoms with van der Waals surface area (Å²) in [6.45, 7) is 0. The maximum atomic E-state index is 9.42. The molecule has 34 heavy (non-hydrogen) atoms. The molecule has 2 nitrogen and oxygen atoms in total. The largest absolute Gasteiger partial charge is 0.310 e. The van der Waals surface area contributed by atoms with E-state index in [1.165, 1.54) is 50.1 Å². The molecule has 1 heterocycles. The van der Waals surface area contributed by atoms with E-state index in [0.717, 1.165) is 38.5 Å². The number of aromatic nitrogens is 1. The first-order valence-electron chi connectivity index (χ1n) is 12.4. The van der Waals surface area contributed by atoms with Crippen LogP contribution in [0, 0.1) is 17.2 Å². The quantitative estimate of drug-likeness (QED) is 0.403. The van der Waals surface area contributed by atoms with Crippen molar-refractivity contribution in [1.82, 2.24) is 4.57 Å². The molecular formula is C32H28N2. The van der Waals surface area contributed by atoms with Crippen LogP contribution in [0.1, 0.15) is 54.5 Å². The Kier molecular flexibility index (Phi) is 5.40. The maximum Gasteiger partial charge on any atom is 0.0697 e. The van der Waals surface area contributed by atoms with E-state index in [2.05, 4.69) is 95.6 Å². The lowest BCUT2D eigenvalue weighted by Crippen LogP contribution is -2.03. The fourth-order valence-corrected chi connectivity index (χ4v) is 5.53. The third kappa shape index (κ3) is 3.68. The Labute approximate surface area is 201 Å². The number of allylic oxidation sites excluding steroid dienone is 9. The van der Waals surface area contributed by atoms with Gasteiger partial charge in [-0.2, -0.15) is 5.26 Å². The molecule has 0 spiro atoms. The van der Waals surface area contributed by atoms with Crippen molar-refractivity contribution in [1.29, 1.82) is 5.26 Å². The molecule has 166 valence electrons. The Morgan fingerprint density at radius 2 is 1.79 bits per heavy atom. The second-order valence-corrected chi connectivity index (χ2v) is 9.42. The summed E-state index contributed by atoms with van der Waals surface area (Å²) in [6.07, 6.45) is 24.0. The number of hydrogen-bond donors (Lipinski definition) is 0. The first-order chi connectivity index (χ1) is 16.8. The van der Waals surface area contributed by atoms with E-state index in [4.69, 9.17) is 0 Å². The van der Waals surface area contributed by atoms with Crippen molar-refractivity contribution in [3.8, 4) is 11.8 Å². The molecule has 0 saturated heterocycles. The topological polar surface area (TPSA) is 28.7 Å². The summed E-state index contributed by atoms with van der Waals surface area (Å²) in [4.78, 5) is 0. The molecule has 6 rings (SSSR count). The van der Waals surface area contributed by atoms with Gasteiger partial charge in [0.1, 0.15) is 0 Å². The lowest BCUT2D eigenvalue weighted by molar-refractivity contribution is 0.746. The highest BCUT2D eigenvalue weighted by molar-refractivity contribution is 5.91. The lowest BCUT2D eigenvalue weighted by Gasteiger charge is -2.18. The summed E-state index contributed by atoms with van der Waals surface area (Å²) in [7, 11) is 0. The Morgan fingerprint density at radius 3 is 2.68 bits per heavy atom. The number of hydrogen-bond acceptors (Lipinski definition) is 1. The minimum absolute atomic E-state index is 0.00839. The van der Waals surface area contributed by atoms with Crippen LogP contribution in [0.3, 0.4) is 0 Å². The molecule has 0 radical (unpaired) electrons. The summed E-state index contributed by atoms with van der Waals surface area (Å²) in [5.41, 5.74) is 10.4. The zero-order valence-corrected chi connectivity index (χ0v) is 19.4. The normalized spacial score (nSPS) is 19.3. The highest BCUT2D eigenvalue weighted by Gasteiger charge is 2.20. The van der Waals surface area contributed by atoms with Crippen LogP contribution in [-0.2, 0) is 6.42 Å².